The quantitative estimate of drug-likeness (QED) is 0.190. The summed E-state index contributed by atoms with van der Waals surface area (Å²) < 4.78 is 0. The van der Waals surface area contributed by atoms with E-state index in [0.717, 1.165) is 0 Å². The number of fused-ring (bicyclic) bond motifs is 6. The Bertz CT molecular complexity index is 2140. The average Bonchev–Trinajstić information content (AvgIpc) is 3.43. The Kier molecular flexibility index (Phi) is 7.30. The Morgan fingerprint density at radius 2 is 1.30 bits per heavy atom. The Labute approximate surface area is 301 Å². The van der Waals surface area contributed by atoms with Gasteiger partial charge in [-0.1, -0.05) is 121 Å². The predicted octanol–water partition coefficient (Wildman–Crippen LogP) is 13.4. The van der Waals surface area contributed by atoms with Crippen LogP contribution < -0.4 is 9.80 Å². The van der Waals surface area contributed by atoms with Gasteiger partial charge in [0.25, 0.3) is 0 Å². The fourth-order valence-electron chi connectivity index (χ4n) is 10.2. The Morgan fingerprint density at radius 3 is 2.02 bits per heavy atom. The van der Waals surface area contributed by atoms with Gasteiger partial charge in [-0.15, -0.1) is 0 Å². The summed E-state index contributed by atoms with van der Waals surface area (Å²) >= 11 is 0. The first-order valence-corrected chi connectivity index (χ1v) is 18.8. The standard InChI is InChI=1S/C48H54N2/c1-31-26-35(30-36(27-31)50-41-22-14-13-21-40(41)47(9)24-15-16-25-48(47,50)10)49(44-32(2)28-34(29-33(44)3)45(4,5)6)42-23-17-19-38-37-18-11-12-20-39(37)46(7,8)43(38)42/h11-14,17-23,26-30H,15-16,24-25H2,1-10H3. The molecule has 1 saturated carbocycles. The van der Waals surface area contributed by atoms with Gasteiger partial charge >= 0.3 is 0 Å². The fraction of sp³-hybridized carbons (Fsp3) is 0.375. The van der Waals surface area contributed by atoms with Crippen LogP contribution in [-0.4, -0.2) is 5.54 Å². The molecule has 0 aromatic heterocycles. The third-order valence-corrected chi connectivity index (χ3v) is 13.0. The van der Waals surface area contributed by atoms with E-state index in [9.17, 15) is 0 Å². The molecule has 2 atom stereocenters. The molecule has 0 saturated heterocycles. The largest absolute Gasteiger partial charge is 0.334 e. The van der Waals surface area contributed by atoms with Crippen LogP contribution in [0.1, 0.15) is 113 Å². The van der Waals surface area contributed by atoms with Crippen LogP contribution in [0.3, 0.4) is 0 Å². The first-order chi connectivity index (χ1) is 23.7. The van der Waals surface area contributed by atoms with Crippen LogP contribution in [0, 0.1) is 20.8 Å². The summed E-state index contributed by atoms with van der Waals surface area (Å²) in [5, 5.41) is 0. The molecule has 1 aliphatic heterocycles. The maximum atomic E-state index is 2.73. The molecule has 0 spiro atoms. The summed E-state index contributed by atoms with van der Waals surface area (Å²) in [4.78, 5) is 5.35. The lowest BCUT2D eigenvalue weighted by Gasteiger charge is -2.50. The van der Waals surface area contributed by atoms with Crippen molar-refractivity contribution in [3.8, 4) is 11.1 Å². The Morgan fingerprint density at radius 1 is 0.660 bits per heavy atom. The van der Waals surface area contributed by atoms with Crippen LogP contribution in [0.2, 0.25) is 0 Å². The SMILES string of the molecule is Cc1cc(N(c2cccc3c2C(C)(C)c2ccccc2-3)c2c(C)cc(C(C)(C)C)cc2C)cc(N2c3ccccc3C3(C)CCCCC23C)c1. The molecule has 0 amide bonds. The van der Waals surface area contributed by atoms with Crippen molar-refractivity contribution in [2.45, 2.75) is 117 Å². The van der Waals surface area contributed by atoms with Crippen LogP contribution in [0.4, 0.5) is 28.4 Å². The van der Waals surface area contributed by atoms with Gasteiger partial charge in [0.15, 0.2) is 0 Å². The molecule has 1 heterocycles. The molecule has 8 rings (SSSR count). The fourth-order valence-corrected chi connectivity index (χ4v) is 10.2. The zero-order valence-corrected chi connectivity index (χ0v) is 32.0. The molecule has 3 aliphatic rings. The number of benzene rings is 5. The molecule has 0 N–H and O–H groups in total. The highest BCUT2D eigenvalue weighted by atomic mass is 15.3. The summed E-state index contributed by atoms with van der Waals surface area (Å²) in [6, 6.07) is 37.5. The topological polar surface area (TPSA) is 6.48 Å². The summed E-state index contributed by atoms with van der Waals surface area (Å²) in [5.74, 6) is 0. The molecular weight excluding hydrogens is 605 g/mol. The maximum absolute atomic E-state index is 2.73. The van der Waals surface area contributed by atoms with Crippen LogP contribution >= 0.6 is 0 Å². The molecule has 1 fully saturated rings. The van der Waals surface area contributed by atoms with Crippen LogP contribution in [0.15, 0.2) is 97.1 Å². The maximum Gasteiger partial charge on any atom is 0.0520 e. The zero-order chi connectivity index (χ0) is 35.4. The highest BCUT2D eigenvalue weighted by Crippen LogP contribution is 2.61. The lowest BCUT2D eigenvalue weighted by Crippen LogP contribution is -2.54. The molecule has 50 heavy (non-hydrogen) atoms. The monoisotopic (exact) mass is 658 g/mol. The van der Waals surface area contributed by atoms with Gasteiger partial charge < -0.3 is 9.80 Å². The minimum Gasteiger partial charge on any atom is -0.334 e. The highest BCUT2D eigenvalue weighted by Gasteiger charge is 2.57. The van der Waals surface area contributed by atoms with E-state index in [1.54, 1.807) is 0 Å². The molecule has 0 bridgehead atoms. The van der Waals surface area contributed by atoms with Crippen molar-refractivity contribution >= 4 is 28.4 Å². The molecule has 256 valence electrons. The van der Waals surface area contributed by atoms with Gasteiger partial charge in [-0.2, -0.15) is 0 Å². The molecule has 2 nitrogen and oxygen atoms in total. The molecule has 0 radical (unpaired) electrons. The zero-order valence-electron chi connectivity index (χ0n) is 32.0. The van der Waals surface area contributed by atoms with E-state index >= 15 is 0 Å². The second-order valence-corrected chi connectivity index (χ2v) is 17.6. The molecule has 5 aromatic rings. The van der Waals surface area contributed by atoms with E-state index in [0.29, 0.717) is 0 Å². The minimum atomic E-state index is -0.147. The van der Waals surface area contributed by atoms with E-state index < -0.39 is 0 Å². The number of aryl methyl sites for hydroxylation is 3. The number of para-hydroxylation sites is 1. The van der Waals surface area contributed by atoms with E-state index in [1.807, 2.05) is 0 Å². The molecule has 2 aliphatic carbocycles. The number of anilines is 5. The lowest BCUT2D eigenvalue weighted by molar-refractivity contribution is 0.195. The number of rotatable bonds is 4. The van der Waals surface area contributed by atoms with Gasteiger partial charge in [-0.3, -0.25) is 0 Å². The van der Waals surface area contributed by atoms with Crippen LogP contribution in [-0.2, 0) is 16.2 Å². The second kappa shape index (κ2) is 11.1. The smallest absolute Gasteiger partial charge is 0.0520 e. The molecule has 2 unspecified atom stereocenters. The molecule has 2 heteroatoms. The number of nitrogens with zero attached hydrogens (tertiary/aromatic N) is 2. The van der Waals surface area contributed by atoms with Crippen molar-refractivity contribution in [2.24, 2.45) is 0 Å². The Balaban J connectivity index is 1.40. The van der Waals surface area contributed by atoms with Gasteiger partial charge in [0.05, 0.1) is 16.9 Å². The van der Waals surface area contributed by atoms with Gasteiger partial charge in [-0.05, 0) is 126 Å². The van der Waals surface area contributed by atoms with Crippen molar-refractivity contribution in [1.82, 2.24) is 0 Å². The van der Waals surface area contributed by atoms with E-state index in [2.05, 4.69) is 176 Å². The number of hydrogen-bond donors (Lipinski definition) is 0. The first-order valence-electron chi connectivity index (χ1n) is 18.8. The number of hydrogen-bond acceptors (Lipinski definition) is 2. The molecular formula is C48H54N2. The van der Waals surface area contributed by atoms with Gasteiger partial charge in [0, 0.05) is 27.9 Å². The van der Waals surface area contributed by atoms with Crippen molar-refractivity contribution in [3.63, 3.8) is 0 Å². The van der Waals surface area contributed by atoms with E-state index in [4.69, 9.17) is 0 Å². The van der Waals surface area contributed by atoms with Crippen molar-refractivity contribution in [3.05, 3.63) is 136 Å². The third kappa shape index (κ3) is 4.59. The van der Waals surface area contributed by atoms with Crippen LogP contribution in [0.5, 0.6) is 0 Å². The summed E-state index contributed by atoms with van der Waals surface area (Å²) in [6.07, 6.45) is 4.98. The van der Waals surface area contributed by atoms with Crippen LogP contribution in [0.25, 0.3) is 11.1 Å². The van der Waals surface area contributed by atoms with Crippen molar-refractivity contribution in [2.75, 3.05) is 9.80 Å². The summed E-state index contributed by atoms with van der Waals surface area (Å²) in [7, 11) is 0. The summed E-state index contributed by atoms with van der Waals surface area (Å²) in [6.45, 7) is 23.8. The van der Waals surface area contributed by atoms with Gasteiger partial charge in [0.1, 0.15) is 0 Å². The molecule has 5 aromatic carbocycles. The predicted molar refractivity (Wildman–Crippen MR) is 214 cm³/mol. The van der Waals surface area contributed by atoms with Gasteiger partial charge in [-0.25, -0.2) is 0 Å². The van der Waals surface area contributed by atoms with Crippen molar-refractivity contribution in [1.29, 1.82) is 0 Å². The third-order valence-electron chi connectivity index (χ3n) is 13.0. The average molecular weight is 659 g/mol. The minimum absolute atomic E-state index is 0.00263. The second-order valence-electron chi connectivity index (χ2n) is 17.6. The van der Waals surface area contributed by atoms with Gasteiger partial charge in [0.2, 0.25) is 0 Å². The first kappa shape index (κ1) is 32.9. The van der Waals surface area contributed by atoms with Crippen molar-refractivity contribution < 1.29 is 0 Å². The highest BCUT2D eigenvalue weighted by molar-refractivity contribution is 5.92. The summed E-state index contributed by atoms with van der Waals surface area (Å²) in [5.41, 5.74) is 18.8. The van der Waals surface area contributed by atoms with E-state index in [1.165, 1.54) is 104 Å². The lowest BCUT2D eigenvalue weighted by atomic mass is 9.61. The van der Waals surface area contributed by atoms with E-state index in [-0.39, 0.29) is 21.8 Å². The Hall–Kier alpha value is -4.30. The normalized spacial score (nSPS) is 21.8.